The van der Waals surface area contributed by atoms with Gasteiger partial charge in [-0.3, -0.25) is 4.79 Å². The summed E-state index contributed by atoms with van der Waals surface area (Å²) in [5, 5.41) is 9.57. The largest absolute Gasteiger partial charge is 0.453 e. The second-order valence-electron chi connectivity index (χ2n) is 6.86. The molecule has 3 N–H and O–H groups in total. The van der Waals surface area contributed by atoms with Crippen molar-refractivity contribution in [3.63, 3.8) is 0 Å². The van der Waals surface area contributed by atoms with Gasteiger partial charge in [0.1, 0.15) is 0 Å². The number of amides is 1. The van der Waals surface area contributed by atoms with Crippen LogP contribution in [0.5, 0.6) is 0 Å². The van der Waals surface area contributed by atoms with E-state index in [9.17, 15) is 18.0 Å². The van der Waals surface area contributed by atoms with Crippen LogP contribution in [0.2, 0.25) is 0 Å². The lowest BCUT2D eigenvalue weighted by Crippen LogP contribution is -2.38. The minimum atomic E-state index is -4.72. The van der Waals surface area contributed by atoms with E-state index in [0.717, 1.165) is 23.1 Å². The third-order valence-corrected chi connectivity index (χ3v) is 5.16. The zero-order valence-electron chi connectivity index (χ0n) is 16.8. The van der Waals surface area contributed by atoms with Gasteiger partial charge < -0.3 is 16.1 Å². The van der Waals surface area contributed by atoms with Gasteiger partial charge in [-0.15, -0.1) is 10.2 Å². The molecule has 3 rings (SSSR count). The summed E-state index contributed by atoms with van der Waals surface area (Å²) in [7, 11) is 0. The number of thioether (sulfide) groups is 1. The summed E-state index contributed by atoms with van der Waals surface area (Å²) in [5.74, 6) is 3.67. The maximum absolute atomic E-state index is 12.8. The highest BCUT2D eigenvalue weighted by atomic mass is 32.2. The standard InChI is InChI=1S/C20H21F3N6OS/c1-13(2)28(16-10-8-15(9-11-16)25-14-6-4-3-5-7-14)17(30)12-31-19-27-26-18(29(19)24)20(21,22)23/h3-11,13,25H,12,24H2,1-2H3. The van der Waals surface area contributed by atoms with Gasteiger partial charge >= 0.3 is 6.18 Å². The molecule has 11 heteroatoms. The van der Waals surface area contributed by atoms with Crippen LogP contribution in [0.1, 0.15) is 19.7 Å². The van der Waals surface area contributed by atoms with Crippen LogP contribution in [0.25, 0.3) is 0 Å². The molecule has 31 heavy (non-hydrogen) atoms. The Balaban J connectivity index is 1.69. The fourth-order valence-corrected chi connectivity index (χ4v) is 3.60. The van der Waals surface area contributed by atoms with E-state index in [2.05, 4.69) is 15.5 Å². The molecular formula is C20H21F3N6OS. The van der Waals surface area contributed by atoms with Crippen LogP contribution < -0.4 is 16.1 Å². The second-order valence-corrected chi connectivity index (χ2v) is 7.80. The first-order valence-electron chi connectivity index (χ1n) is 9.31. The van der Waals surface area contributed by atoms with Gasteiger partial charge in [-0.25, -0.2) is 4.68 Å². The van der Waals surface area contributed by atoms with Gasteiger partial charge in [0.2, 0.25) is 11.1 Å². The average Bonchev–Trinajstić information content (AvgIpc) is 3.09. The van der Waals surface area contributed by atoms with Crippen molar-refractivity contribution >= 4 is 34.7 Å². The van der Waals surface area contributed by atoms with Crippen LogP contribution in [0.4, 0.5) is 30.2 Å². The summed E-state index contributed by atoms with van der Waals surface area (Å²) in [6.45, 7) is 3.71. The highest BCUT2D eigenvalue weighted by Gasteiger charge is 2.38. The Hall–Kier alpha value is -3.21. The first-order valence-corrected chi connectivity index (χ1v) is 10.3. The van der Waals surface area contributed by atoms with E-state index in [-0.39, 0.29) is 22.9 Å². The fourth-order valence-electron chi connectivity index (χ4n) is 2.89. The number of hydrogen-bond donors (Lipinski definition) is 2. The summed E-state index contributed by atoms with van der Waals surface area (Å²) >= 11 is 0.798. The number of para-hydroxylation sites is 1. The van der Waals surface area contributed by atoms with Crippen molar-refractivity contribution in [2.24, 2.45) is 0 Å². The lowest BCUT2D eigenvalue weighted by molar-refractivity contribution is -0.146. The molecule has 0 fully saturated rings. The van der Waals surface area contributed by atoms with Crippen molar-refractivity contribution in [3.05, 3.63) is 60.4 Å². The van der Waals surface area contributed by atoms with Gasteiger partial charge in [0.15, 0.2) is 0 Å². The zero-order chi connectivity index (χ0) is 22.6. The fraction of sp³-hybridized carbons (Fsp3) is 0.250. The van der Waals surface area contributed by atoms with Gasteiger partial charge in [0, 0.05) is 23.1 Å². The van der Waals surface area contributed by atoms with Crippen LogP contribution in [-0.4, -0.2) is 32.6 Å². The lowest BCUT2D eigenvalue weighted by Gasteiger charge is -2.27. The maximum atomic E-state index is 12.8. The van der Waals surface area contributed by atoms with Gasteiger partial charge in [-0.2, -0.15) is 13.2 Å². The number of anilines is 3. The predicted molar refractivity (Wildman–Crippen MR) is 115 cm³/mol. The highest BCUT2D eigenvalue weighted by Crippen LogP contribution is 2.29. The number of halogens is 3. The average molecular weight is 450 g/mol. The Labute approximate surface area is 181 Å². The van der Waals surface area contributed by atoms with Crippen molar-refractivity contribution in [2.45, 2.75) is 31.2 Å². The molecule has 0 bridgehead atoms. The molecule has 0 aliphatic rings. The monoisotopic (exact) mass is 450 g/mol. The molecular weight excluding hydrogens is 429 g/mol. The van der Waals surface area contributed by atoms with Crippen LogP contribution in [0.3, 0.4) is 0 Å². The molecule has 7 nitrogen and oxygen atoms in total. The molecule has 0 spiro atoms. The Bertz CT molecular complexity index is 1020. The highest BCUT2D eigenvalue weighted by molar-refractivity contribution is 7.99. The second kappa shape index (κ2) is 9.29. The Morgan fingerprint density at radius 1 is 1.10 bits per heavy atom. The molecule has 0 saturated carbocycles. The number of benzene rings is 2. The molecule has 3 aromatic rings. The van der Waals surface area contributed by atoms with E-state index in [1.54, 1.807) is 17.0 Å². The molecule has 1 heterocycles. The number of nitrogens with one attached hydrogen (secondary N) is 1. The molecule has 0 aliphatic heterocycles. The number of aromatic nitrogens is 3. The maximum Gasteiger partial charge on any atom is 0.453 e. The molecule has 1 amide bonds. The van der Waals surface area contributed by atoms with Crippen LogP contribution >= 0.6 is 11.8 Å². The first kappa shape index (κ1) is 22.5. The summed E-state index contributed by atoms with van der Waals surface area (Å²) in [4.78, 5) is 14.4. The van der Waals surface area contributed by atoms with Gasteiger partial charge in [-0.1, -0.05) is 30.0 Å². The number of nitrogens with zero attached hydrogens (tertiary/aromatic N) is 4. The number of alkyl halides is 3. The number of nitrogens with two attached hydrogens (primary N) is 1. The van der Waals surface area contributed by atoms with E-state index >= 15 is 0 Å². The minimum Gasteiger partial charge on any atom is -0.356 e. The number of carbonyl (C=O) groups is 1. The minimum absolute atomic E-state index is 0.143. The molecule has 0 atom stereocenters. The first-order chi connectivity index (χ1) is 14.7. The smallest absolute Gasteiger partial charge is 0.356 e. The van der Waals surface area contributed by atoms with E-state index < -0.39 is 12.0 Å². The normalized spacial score (nSPS) is 11.5. The zero-order valence-corrected chi connectivity index (χ0v) is 17.6. The summed E-state index contributed by atoms with van der Waals surface area (Å²) < 4.78 is 38.7. The van der Waals surface area contributed by atoms with E-state index in [4.69, 9.17) is 5.84 Å². The molecule has 0 aliphatic carbocycles. The lowest BCUT2D eigenvalue weighted by atomic mass is 10.2. The third kappa shape index (κ3) is 5.48. The number of rotatable bonds is 7. The Morgan fingerprint density at radius 3 is 2.26 bits per heavy atom. The molecule has 0 unspecified atom stereocenters. The summed E-state index contributed by atoms with van der Waals surface area (Å²) in [6, 6.07) is 16.8. The Kier molecular flexibility index (Phi) is 6.74. The van der Waals surface area contributed by atoms with Crippen molar-refractivity contribution in [3.8, 4) is 0 Å². The van der Waals surface area contributed by atoms with Crippen molar-refractivity contribution < 1.29 is 18.0 Å². The van der Waals surface area contributed by atoms with Gasteiger partial charge in [-0.05, 0) is 50.2 Å². The predicted octanol–water partition coefficient (Wildman–Crippen LogP) is 4.29. The van der Waals surface area contributed by atoms with E-state index in [1.807, 2.05) is 56.3 Å². The Morgan fingerprint density at radius 2 is 1.71 bits per heavy atom. The number of nitrogen functional groups attached to an aromatic ring is 1. The quantitative estimate of drug-likeness (QED) is 0.412. The van der Waals surface area contributed by atoms with Crippen LogP contribution in [0, 0.1) is 0 Å². The number of carbonyl (C=O) groups excluding carboxylic acids is 1. The van der Waals surface area contributed by atoms with E-state index in [0.29, 0.717) is 10.4 Å². The summed E-state index contributed by atoms with van der Waals surface area (Å²) in [6.07, 6.45) is -4.72. The molecule has 0 saturated heterocycles. The summed E-state index contributed by atoms with van der Waals surface area (Å²) in [5.41, 5.74) is 2.47. The van der Waals surface area contributed by atoms with Crippen molar-refractivity contribution in [2.75, 3.05) is 21.8 Å². The van der Waals surface area contributed by atoms with E-state index in [1.165, 1.54) is 0 Å². The van der Waals surface area contributed by atoms with Gasteiger partial charge in [0.25, 0.3) is 5.82 Å². The molecule has 164 valence electrons. The van der Waals surface area contributed by atoms with Gasteiger partial charge in [0.05, 0.1) is 5.75 Å². The topological polar surface area (TPSA) is 89.1 Å². The van der Waals surface area contributed by atoms with Crippen LogP contribution in [0.15, 0.2) is 59.8 Å². The van der Waals surface area contributed by atoms with Crippen LogP contribution in [-0.2, 0) is 11.0 Å². The molecule has 0 radical (unpaired) electrons. The third-order valence-electron chi connectivity index (χ3n) is 4.24. The number of hydrogen-bond acceptors (Lipinski definition) is 6. The SMILES string of the molecule is CC(C)N(C(=O)CSc1nnc(C(F)(F)F)n1N)c1ccc(Nc2ccccc2)cc1. The van der Waals surface area contributed by atoms with Crippen molar-refractivity contribution in [1.82, 2.24) is 14.9 Å². The molecule has 1 aromatic heterocycles. The molecule has 2 aromatic carbocycles. The van der Waals surface area contributed by atoms with Crippen molar-refractivity contribution in [1.29, 1.82) is 0 Å².